The van der Waals surface area contributed by atoms with Crippen LogP contribution in [0.5, 0.6) is 0 Å². The van der Waals surface area contributed by atoms with E-state index < -0.39 is 16.1 Å². The van der Waals surface area contributed by atoms with Crippen LogP contribution >= 0.6 is 0 Å². The molecule has 0 saturated heterocycles. The number of aliphatic hydroxyl groups excluding tert-OH is 2. The molecule has 1 aromatic heterocycles. The van der Waals surface area contributed by atoms with Gasteiger partial charge in [0.15, 0.2) is 0 Å². The molecule has 8 heteroatoms. The number of aromatic nitrogens is 2. The van der Waals surface area contributed by atoms with Crippen molar-refractivity contribution in [3.8, 4) is 11.1 Å². The van der Waals surface area contributed by atoms with Gasteiger partial charge in [-0.25, -0.2) is 18.1 Å². The molecule has 180 valence electrons. The van der Waals surface area contributed by atoms with E-state index in [1.54, 1.807) is 23.9 Å². The Balaban J connectivity index is 1.38. The third-order valence-corrected chi connectivity index (χ3v) is 7.03. The number of nitrogens with zero attached hydrogens (tertiary/aromatic N) is 2. The van der Waals surface area contributed by atoms with E-state index in [-0.39, 0.29) is 18.7 Å². The number of hydrogen-bond donors (Lipinski definition) is 3. The summed E-state index contributed by atoms with van der Waals surface area (Å²) in [5, 5.41) is 19.7. The van der Waals surface area contributed by atoms with Crippen LogP contribution in [0.1, 0.15) is 54.8 Å². The van der Waals surface area contributed by atoms with Crippen LogP contribution in [0.4, 0.5) is 0 Å². The molecule has 2 atom stereocenters. The highest BCUT2D eigenvalue weighted by atomic mass is 32.2. The van der Waals surface area contributed by atoms with E-state index in [0.29, 0.717) is 11.7 Å². The summed E-state index contributed by atoms with van der Waals surface area (Å²) in [6.45, 7) is 1.56. The first-order chi connectivity index (χ1) is 16.2. The molecule has 4 rings (SSSR count). The molecule has 7 nitrogen and oxygen atoms in total. The van der Waals surface area contributed by atoms with Crippen LogP contribution in [-0.4, -0.2) is 47.1 Å². The molecule has 1 unspecified atom stereocenters. The predicted molar refractivity (Wildman–Crippen MR) is 134 cm³/mol. The zero-order valence-corrected chi connectivity index (χ0v) is 20.2. The molecule has 3 aromatic rings. The van der Waals surface area contributed by atoms with E-state index in [9.17, 15) is 18.6 Å². The second-order valence-electron chi connectivity index (χ2n) is 8.98. The number of benzene rings is 2. The van der Waals surface area contributed by atoms with E-state index in [1.807, 2.05) is 24.3 Å². The van der Waals surface area contributed by atoms with Gasteiger partial charge in [-0.3, -0.25) is 0 Å². The molecule has 0 bridgehead atoms. The van der Waals surface area contributed by atoms with E-state index in [1.165, 1.54) is 11.8 Å². The molecule has 0 amide bonds. The lowest BCUT2D eigenvalue weighted by molar-refractivity contribution is 0.175. The number of nitrogens with one attached hydrogen (secondary N) is 1. The van der Waals surface area contributed by atoms with Gasteiger partial charge in [0, 0.05) is 18.4 Å². The van der Waals surface area contributed by atoms with Gasteiger partial charge in [-0.05, 0) is 47.9 Å². The number of rotatable bonds is 9. The van der Waals surface area contributed by atoms with Gasteiger partial charge >= 0.3 is 0 Å². The second-order valence-corrected chi connectivity index (χ2v) is 10.8. The minimum absolute atomic E-state index is 0.0399. The van der Waals surface area contributed by atoms with Gasteiger partial charge in [0.2, 0.25) is 10.0 Å². The van der Waals surface area contributed by atoms with Crippen molar-refractivity contribution >= 4 is 16.1 Å². The molecule has 34 heavy (non-hydrogen) atoms. The van der Waals surface area contributed by atoms with Crippen molar-refractivity contribution in [2.45, 2.75) is 43.9 Å². The molecule has 0 spiro atoms. The van der Waals surface area contributed by atoms with Crippen LogP contribution < -0.4 is 4.72 Å². The van der Waals surface area contributed by atoms with Gasteiger partial charge < -0.3 is 14.8 Å². The first-order valence-electron chi connectivity index (χ1n) is 11.4. The molecule has 2 aromatic carbocycles. The van der Waals surface area contributed by atoms with Crippen LogP contribution in [0, 0.1) is 0 Å². The molecule has 1 fully saturated rings. The van der Waals surface area contributed by atoms with Crippen molar-refractivity contribution in [3.05, 3.63) is 84.0 Å². The molecule has 1 saturated carbocycles. The first-order valence-corrected chi connectivity index (χ1v) is 13.3. The van der Waals surface area contributed by atoms with Gasteiger partial charge in [0.25, 0.3) is 0 Å². The number of hydrogen-bond acceptors (Lipinski definition) is 5. The van der Waals surface area contributed by atoms with Crippen molar-refractivity contribution in [2.75, 3.05) is 12.9 Å². The maximum atomic E-state index is 11.3. The second kappa shape index (κ2) is 10.2. The minimum Gasteiger partial charge on any atom is -0.394 e. The lowest BCUT2D eigenvalue weighted by atomic mass is 9.76. The third-order valence-electron chi connectivity index (χ3n) is 6.27. The van der Waals surface area contributed by atoms with Crippen LogP contribution in [0.2, 0.25) is 0 Å². The normalized spacial score (nSPS) is 20.2. The molecule has 1 aliphatic carbocycles. The van der Waals surface area contributed by atoms with Gasteiger partial charge in [-0.2, -0.15) is 0 Å². The lowest BCUT2D eigenvalue weighted by Gasteiger charge is -2.35. The third kappa shape index (κ3) is 5.82. The van der Waals surface area contributed by atoms with Gasteiger partial charge in [-0.15, -0.1) is 0 Å². The monoisotopic (exact) mass is 481 g/mol. The Morgan fingerprint density at radius 2 is 1.74 bits per heavy atom. The Hall–Kier alpha value is -2.78. The average molecular weight is 482 g/mol. The maximum Gasteiger partial charge on any atom is 0.208 e. The Morgan fingerprint density at radius 1 is 1.12 bits per heavy atom. The van der Waals surface area contributed by atoms with E-state index in [2.05, 4.69) is 46.1 Å². The summed E-state index contributed by atoms with van der Waals surface area (Å²) in [5.74, 6) is 0.914. The van der Waals surface area contributed by atoms with Gasteiger partial charge in [0.1, 0.15) is 11.9 Å². The van der Waals surface area contributed by atoms with Crippen molar-refractivity contribution in [3.63, 3.8) is 0 Å². The van der Waals surface area contributed by atoms with E-state index >= 15 is 0 Å². The fourth-order valence-corrected chi connectivity index (χ4v) is 5.21. The Labute approximate surface area is 200 Å². The van der Waals surface area contributed by atoms with E-state index in [0.717, 1.165) is 29.5 Å². The Morgan fingerprint density at radius 3 is 2.29 bits per heavy atom. The van der Waals surface area contributed by atoms with Gasteiger partial charge in [0.05, 0.1) is 18.9 Å². The van der Waals surface area contributed by atoms with Crippen molar-refractivity contribution in [1.82, 2.24) is 14.3 Å². The molecular weight excluding hydrogens is 450 g/mol. The van der Waals surface area contributed by atoms with Crippen molar-refractivity contribution in [1.29, 1.82) is 0 Å². The fraction of sp³-hybridized carbons (Fsp3) is 0.346. The Bertz CT molecular complexity index is 1230. The summed E-state index contributed by atoms with van der Waals surface area (Å²) >= 11 is 0. The molecule has 3 N–H and O–H groups in total. The lowest BCUT2D eigenvalue weighted by Crippen LogP contribution is -2.42. The van der Waals surface area contributed by atoms with Gasteiger partial charge in [-0.1, -0.05) is 60.7 Å². The summed E-state index contributed by atoms with van der Waals surface area (Å²) in [7, 11) is -3.15. The SMILES string of the molecule is C[C@H](O)c1nccn1C(/C=C/c1ccc(-c2ccc(C3CC(NS(C)(=O)=O)C3)cc2)cc1)CO. The summed E-state index contributed by atoms with van der Waals surface area (Å²) in [6.07, 6.45) is 9.39. The van der Waals surface area contributed by atoms with Crippen molar-refractivity contribution in [2.24, 2.45) is 0 Å². The molecule has 0 aliphatic heterocycles. The molecular formula is C26H31N3O4S. The highest BCUT2D eigenvalue weighted by Crippen LogP contribution is 2.37. The topological polar surface area (TPSA) is 104 Å². The van der Waals surface area contributed by atoms with Crippen LogP contribution in [-0.2, 0) is 10.0 Å². The predicted octanol–water partition coefficient (Wildman–Crippen LogP) is 3.65. The smallest absolute Gasteiger partial charge is 0.208 e. The quantitative estimate of drug-likeness (QED) is 0.433. The molecule has 1 heterocycles. The van der Waals surface area contributed by atoms with Crippen LogP contribution in [0.15, 0.2) is 67.0 Å². The highest BCUT2D eigenvalue weighted by Gasteiger charge is 2.31. The molecule has 0 radical (unpaired) electrons. The zero-order valence-electron chi connectivity index (χ0n) is 19.4. The summed E-state index contributed by atoms with van der Waals surface area (Å²) in [6, 6.07) is 16.4. The van der Waals surface area contributed by atoms with Crippen LogP contribution in [0.25, 0.3) is 17.2 Å². The van der Waals surface area contributed by atoms with E-state index in [4.69, 9.17) is 0 Å². The Kier molecular flexibility index (Phi) is 7.33. The largest absolute Gasteiger partial charge is 0.394 e. The van der Waals surface area contributed by atoms with Crippen LogP contribution in [0.3, 0.4) is 0 Å². The number of aliphatic hydroxyl groups is 2. The number of sulfonamides is 1. The highest BCUT2D eigenvalue weighted by molar-refractivity contribution is 7.88. The summed E-state index contributed by atoms with van der Waals surface area (Å²) in [4.78, 5) is 4.17. The zero-order chi connectivity index (χ0) is 24.3. The molecule has 1 aliphatic rings. The number of imidazole rings is 1. The van der Waals surface area contributed by atoms with Crippen molar-refractivity contribution < 1.29 is 18.6 Å². The average Bonchev–Trinajstić information content (AvgIpc) is 3.27. The maximum absolute atomic E-state index is 11.3. The fourth-order valence-electron chi connectivity index (χ4n) is 4.42. The standard InChI is InChI=1S/C26H31N3O4S/c1-18(31)26-27-13-14-29(26)25(17-30)12-5-19-3-6-20(7-4-19)21-8-10-22(11-9-21)23-15-24(16-23)28-34(2,32)33/h3-14,18,23-25,28,30-31H,15-17H2,1-2H3/b12-5+/t18-,23?,24?,25?/m0/s1. The summed E-state index contributed by atoms with van der Waals surface area (Å²) < 4.78 is 27.1. The summed E-state index contributed by atoms with van der Waals surface area (Å²) in [5.41, 5.74) is 4.48. The minimum atomic E-state index is -3.15. The first kappa shape index (κ1) is 24.3.